The molecule has 0 bridgehead atoms. The van der Waals surface area contributed by atoms with Gasteiger partial charge in [0.1, 0.15) is 53.0 Å². The predicted molar refractivity (Wildman–Crippen MR) is 558 cm³/mol. The van der Waals surface area contributed by atoms with Gasteiger partial charge in [-0.3, -0.25) is 62.0 Å². The average molecular weight is 2010 g/mol. The lowest BCUT2D eigenvalue weighted by Crippen LogP contribution is -2.46. The number of nitrogens with zero attached hydrogens (tertiary/aromatic N) is 18. The Morgan fingerprint density at radius 2 is 0.710 bits per heavy atom. The molecule has 0 saturated carbocycles. The Bertz CT molecular complexity index is 6120. The van der Waals surface area contributed by atoms with E-state index in [1.165, 1.54) is 5.56 Å². The molecule has 0 radical (unpaired) electrons. The second-order valence-electron chi connectivity index (χ2n) is 38.0. The largest absolute Gasteiger partial charge is 0.490 e. The maximum absolute atomic E-state index is 13.0. The van der Waals surface area contributed by atoms with E-state index in [0.717, 1.165) is 166 Å². The number of nitrogens with two attached hydrogens (primary N) is 4. The van der Waals surface area contributed by atoms with Crippen LogP contribution in [0.15, 0.2) is 231 Å². The number of hydrogen-bond acceptors (Lipinski definition) is 25. The van der Waals surface area contributed by atoms with E-state index in [2.05, 4.69) is 69.2 Å². The van der Waals surface area contributed by atoms with Crippen molar-refractivity contribution in [1.82, 2.24) is 84.5 Å². The first-order chi connectivity index (χ1) is 70.4. The van der Waals surface area contributed by atoms with Crippen molar-refractivity contribution in [3.63, 3.8) is 0 Å². The number of likely N-dealkylation sites (tertiary alicyclic amines) is 4. The summed E-state index contributed by atoms with van der Waals surface area (Å²) in [5.74, 6) is 1.14. The summed E-state index contributed by atoms with van der Waals surface area (Å²) in [4.78, 5) is 113. The Balaban J connectivity index is 0.000000153. The topological polar surface area (TPSA) is 422 Å². The zero-order valence-electron chi connectivity index (χ0n) is 82.5. The molecule has 12 aromatic rings. The van der Waals surface area contributed by atoms with Gasteiger partial charge in [-0.25, -0.2) is 0 Å². The maximum atomic E-state index is 13.0. The van der Waals surface area contributed by atoms with Gasteiger partial charge in [-0.1, -0.05) is 165 Å². The number of ketones is 4. The number of anilines is 5. The highest BCUT2D eigenvalue weighted by atomic mass is 35.5. The van der Waals surface area contributed by atoms with Gasteiger partial charge in [-0.15, -0.1) is 20.4 Å². The summed E-state index contributed by atoms with van der Waals surface area (Å²) in [6, 6.07) is 65.6. The van der Waals surface area contributed by atoms with Crippen LogP contribution >= 0.6 is 23.2 Å². The normalized spacial score (nSPS) is 16.3. The highest BCUT2D eigenvalue weighted by molar-refractivity contribution is 6.31. The Morgan fingerprint density at radius 1 is 0.352 bits per heavy atom. The molecule has 4 amide bonds. The van der Waals surface area contributed by atoms with Crippen molar-refractivity contribution in [2.24, 2.45) is 0 Å². The SMILES string of the molecule is Nc1ccc(CCC(=O)CCC(=O)N2CCC[C@@H]2Cn2cc(C(O)COc3cccc(Cl)c3)nn2)cc1.Nc1ccc(CCC(=O)CCC(=O)N2CCC[C@@H]2Cn2cc(CN3CCN(c4cccc(Cl)c4)CC3)nn2)cc1.Nc1ccc(CCC(=O)CCC(=O)N2CCC[C@@H]2Cn2cc(COCc3ccccc3)nn2)cc1.Nc1ccc(CCC(=O)CCC(=O)N2CCC[C@@H]2Cn2cc(Cc3ccccc3)nn2)cc1. The third-order valence-electron chi connectivity index (χ3n) is 26.9. The lowest BCUT2D eigenvalue weighted by molar-refractivity contribution is -0.134. The fourth-order valence-corrected chi connectivity index (χ4v) is 19.2. The van der Waals surface area contributed by atoms with E-state index in [1.807, 2.05) is 211 Å². The summed E-state index contributed by atoms with van der Waals surface area (Å²) < 4.78 is 18.5. The van der Waals surface area contributed by atoms with Gasteiger partial charge in [-0.2, -0.15) is 0 Å². The van der Waals surface area contributed by atoms with Crippen molar-refractivity contribution in [2.45, 2.75) is 237 Å². The zero-order chi connectivity index (χ0) is 102. The molecule has 764 valence electrons. The molecule has 9 heterocycles. The lowest BCUT2D eigenvalue weighted by Gasteiger charge is -2.35. The summed E-state index contributed by atoms with van der Waals surface area (Å²) in [6.45, 7) is 10.7. The highest BCUT2D eigenvalue weighted by Gasteiger charge is 2.35. The van der Waals surface area contributed by atoms with Crippen molar-refractivity contribution in [1.29, 1.82) is 0 Å². The quantitative estimate of drug-likeness (QED) is 0.0221. The van der Waals surface area contributed by atoms with Crippen LogP contribution < -0.4 is 32.6 Å². The number of piperazine rings is 1. The van der Waals surface area contributed by atoms with Crippen molar-refractivity contribution in [3.05, 3.63) is 297 Å². The molecule has 9 N–H and O–H groups in total. The maximum Gasteiger partial charge on any atom is 0.223 e. The first-order valence-electron chi connectivity index (χ1n) is 50.6. The molecule has 1 unspecified atom stereocenters. The van der Waals surface area contributed by atoms with Gasteiger partial charge < -0.3 is 62.0 Å². The van der Waals surface area contributed by atoms with Crippen LogP contribution in [0.25, 0.3) is 0 Å². The molecule has 0 aliphatic carbocycles. The van der Waals surface area contributed by atoms with E-state index < -0.39 is 6.10 Å². The number of aliphatic hydroxyl groups is 1. The average Bonchev–Trinajstić information content (AvgIpc) is 1.71. The number of carbonyl (C=O) groups is 8. The number of aromatic nitrogens is 12. The molecule has 4 aromatic heterocycles. The second kappa shape index (κ2) is 55.3. The number of rotatable bonds is 45. The number of ether oxygens (including phenoxy) is 2. The molecule has 35 heteroatoms. The van der Waals surface area contributed by atoms with Gasteiger partial charge in [0.15, 0.2) is 0 Å². The molecule has 5 saturated heterocycles. The van der Waals surface area contributed by atoms with E-state index in [9.17, 15) is 43.5 Å². The molecule has 17 rings (SSSR count). The Hall–Kier alpha value is -13.9. The van der Waals surface area contributed by atoms with Crippen LogP contribution in [0.4, 0.5) is 28.4 Å². The van der Waals surface area contributed by atoms with E-state index in [0.29, 0.717) is 143 Å². The fourth-order valence-electron chi connectivity index (χ4n) is 18.8. The van der Waals surface area contributed by atoms with Gasteiger partial charge in [0, 0.05) is 193 Å². The Labute approximate surface area is 857 Å². The molecule has 5 aliphatic heterocycles. The number of Topliss-reactive ketones (excluding diaryl/α,β-unsaturated/α-hetero) is 4. The van der Waals surface area contributed by atoms with Gasteiger partial charge >= 0.3 is 0 Å². The van der Waals surface area contributed by atoms with Crippen molar-refractivity contribution >= 4 is 98.4 Å². The summed E-state index contributed by atoms with van der Waals surface area (Å²) in [7, 11) is 0. The Kier molecular flexibility index (Phi) is 40.8. The van der Waals surface area contributed by atoms with Crippen LogP contribution in [0.1, 0.15) is 191 Å². The van der Waals surface area contributed by atoms with Crippen LogP contribution in [-0.4, -0.2) is 219 Å². The first kappa shape index (κ1) is 107. The molecule has 0 spiro atoms. The third-order valence-corrected chi connectivity index (χ3v) is 27.4. The summed E-state index contributed by atoms with van der Waals surface area (Å²) in [5, 5.41) is 45.7. The van der Waals surface area contributed by atoms with Crippen molar-refractivity contribution in [3.8, 4) is 5.75 Å². The number of carbonyl (C=O) groups excluding carboxylic acids is 8. The molecule has 5 fully saturated rings. The molecule has 145 heavy (non-hydrogen) atoms. The molecule has 5 atom stereocenters. The number of aliphatic hydroxyl groups excluding tert-OH is 1. The lowest BCUT2D eigenvalue weighted by atomic mass is 10.0. The van der Waals surface area contributed by atoms with Crippen LogP contribution in [0.2, 0.25) is 10.0 Å². The van der Waals surface area contributed by atoms with Crippen LogP contribution in [0, 0.1) is 0 Å². The minimum absolute atomic E-state index is 0.0133. The first-order valence-corrected chi connectivity index (χ1v) is 51.3. The van der Waals surface area contributed by atoms with Gasteiger partial charge in [0.2, 0.25) is 23.6 Å². The zero-order valence-corrected chi connectivity index (χ0v) is 84.0. The molecular formula is C110H134Cl2N22O11. The molecule has 8 aromatic carbocycles. The highest BCUT2D eigenvalue weighted by Crippen LogP contribution is 2.30. The second-order valence-corrected chi connectivity index (χ2v) is 38.9. The van der Waals surface area contributed by atoms with Crippen molar-refractivity contribution < 1.29 is 52.9 Å². The number of nitrogen functional groups attached to an aromatic ring is 4. The summed E-state index contributed by atoms with van der Waals surface area (Å²) in [6.07, 6.45) is 21.3. The van der Waals surface area contributed by atoms with Crippen molar-refractivity contribution in [2.75, 3.05) is 86.8 Å². The number of halogens is 2. The van der Waals surface area contributed by atoms with Crippen LogP contribution in [0.5, 0.6) is 5.75 Å². The Morgan fingerprint density at radius 3 is 1.12 bits per heavy atom. The number of benzene rings is 8. The van der Waals surface area contributed by atoms with E-state index in [-0.39, 0.29) is 122 Å². The third kappa shape index (κ3) is 35.0. The fraction of sp³-hybridized carbons (Fsp3) is 0.418. The van der Waals surface area contributed by atoms with Gasteiger partial charge in [0.05, 0.1) is 87.3 Å². The predicted octanol–water partition coefficient (Wildman–Crippen LogP) is 14.4. The van der Waals surface area contributed by atoms with Gasteiger partial charge in [0.25, 0.3) is 0 Å². The number of hydrogen-bond donors (Lipinski definition) is 5. The standard InChI is InChI=1S/C30H38ClN7O2.C27H32ClN5O4.C27H33N5O3.C26H31N5O2/c31-24-3-1-4-27(19-24)36-17-15-35(16-18-36)20-26-21-37(34-33-26)22-28-5-2-14-38(28)30(40)13-12-29(39)11-8-23-6-9-25(32)10-7-23;28-20-3-1-5-24(15-20)37-18-26(35)25-17-32(31-30-25)16-22-4-2-14-33(22)27(36)13-12-23(34)11-8-19-6-9-21(29)10-7-19;28-23-11-8-21(9-12-23)10-13-26(33)14-15-27(34)32-16-4-7-25(32)18-31-17-24(29-30-31)20-35-19-22-5-2-1-3-6-22;27-22-11-8-20(9-12-22)10-13-25(32)14-15-26(33)31-16-4-7-24(31)19-30-18-23(28-29-30)17-21-5-2-1-3-6-21/h1,3-4,6-7,9-10,19,21,28H,2,5,8,11-18,20,22,32H2;1,3,5-7,9-10,15,17,22,26,35H,2,4,8,11-14,16,18,29H2;1-3,5-6,8-9,11-12,17,25H,4,7,10,13-16,18-20,28H2;1-3,5-6,8-9,11-12,18,24H,4,7,10,13-17,19,27H2/t28-;22-,26?;25-;24-/m1111/s1. The molecular weight excluding hydrogens is 1880 g/mol. The minimum Gasteiger partial charge on any atom is -0.490 e. The van der Waals surface area contributed by atoms with E-state index in [4.69, 9.17) is 55.6 Å². The monoisotopic (exact) mass is 2010 g/mol. The summed E-state index contributed by atoms with van der Waals surface area (Å²) in [5.41, 5.74) is 36.5. The number of amides is 4. The van der Waals surface area contributed by atoms with Crippen LogP contribution in [0.3, 0.4) is 0 Å². The summed E-state index contributed by atoms with van der Waals surface area (Å²) >= 11 is 12.1. The molecule has 33 nitrogen and oxygen atoms in total. The van der Waals surface area contributed by atoms with Crippen LogP contribution in [-0.2, 0) is 121 Å². The smallest absolute Gasteiger partial charge is 0.223 e. The minimum atomic E-state index is -0.951. The number of aryl methyl sites for hydroxylation is 4. The van der Waals surface area contributed by atoms with E-state index in [1.54, 1.807) is 39.8 Å². The molecule has 5 aliphatic rings. The van der Waals surface area contributed by atoms with E-state index >= 15 is 0 Å². The van der Waals surface area contributed by atoms with Gasteiger partial charge in [-0.05, 0) is 195 Å².